The highest BCUT2D eigenvalue weighted by atomic mass is 35.5. The maximum absolute atomic E-state index is 13.6. The van der Waals surface area contributed by atoms with Gasteiger partial charge in [-0.05, 0) is 62.6 Å². The molecule has 0 aromatic heterocycles. The molecule has 7 nitrogen and oxygen atoms in total. The lowest BCUT2D eigenvalue weighted by molar-refractivity contribution is -0.172. The predicted octanol–water partition coefficient (Wildman–Crippen LogP) is 3.44. The van der Waals surface area contributed by atoms with Crippen LogP contribution in [0.3, 0.4) is 0 Å². The molecule has 36 heavy (non-hydrogen) atoms. The summed E-state index contributed by atoms with van der Waals surface area (Å²) < 4.78 is 67.2. The summed E-state index contributed by atoms with van der Waals surface area (Å²) in [5.41, 5.74) is -2.13. The maximum Gasteiger partial charge on any atom is 0.255 e. The second-order valence-electron chi connectivity index (χ2n) is 9.54. The summed E-state index contributed by atoms with van der Waals surface area (Å²) in [6, 6.07) is 4.67. The number of benzene rings is 2. The van der Waals surface area contributed by atoms with Gasteiger partial charge in [-0.3, -0.25) is 4.79 Å². The highest BCUT2D eigenvalue weighted by molar-refractivity contribution is 7.92. The lowest BCUT2D eigenvalue weighted by Crippen LogP contribution is -2.58. The first-order valence-corrected chi connectivity index (χ1v) is 13.3. The molecule has 2 unspecified atom stereocenters. The molecule has 1 amide bonds. The first-order chi connectivity index (χ1) is 16.8. The molecule has 196 valence electrons. The van der Waals surface area contributed by atoms with Gasteiger partial charge in [0.15, 0.2) is 27.3 Å². The largest absolute Gasteiger partial charge is 0.391 e. The van der Waals surface area contributed by atoms with E-state index in [1.165, 1.54) is 19.1 Å². The molecule has 4 atom stereocenters. The Kier molecular flexibility index (Phi) is 7.17. The number of hydrogen-bond acceptors (Lipinski definition) is 6. The zero-order chi connectivity index (χ0) is 26.6. The van der Waals surface area contributed by atoms with Crippen LogP contribution in [0.25, 0.3) is 0 Å². The fourth-order valence-corrected chi connectivity index (χ4v) is 7.94. The smallest absolute Gasteiger partial charge is 0.255 e. The number of fused-ring (bicyclic) bond motifs is 2. The van der Waals surface area contributed by atoms with Crippen molar-refractivity contribution in [2.75, 3.05) is 5.32 Å². The second-order valence-corrected chi connectivity index (χ2v) is 12.1. The Hall–Kier alpha value is -2.18. The number of nitrogens with one attached hydrogen (secondary N) is 1. The highest BCUT2D eigenvalue weighted by Crippen LogP contribution is 2.54. The summed E-state index contributed by atoms with van der Waals surface area (Å²) >= 11 is 6.19. The molecule has 2 aliphatic rings. The van der Waals surface area contributed by atoms with Crippen LogP contribution in [0.5, 0.6) is 0 Å². The minimum atomic E-state index is -4.10. The van der Waals surface area contributed by atoms with Gasteiger partial charge in [-0.2, -0.15) is 0 Å². The van der Waals surface area contributed by atoms with Crippen LogP contribution in [0.2, 0.25) is 5.02 Å². The van der Waals surface area contributed by atoms with Crippen LogP contribution in [-0.2, 0) is 9.84 Å². The predicted molar refractivity (Wildman–Crippen MR) is 125 cm³/mol. The van der Waals surface area contributed by atoms with Crippen molar-refractivity contribution in [1.29, 1.82) is 0 Å². The van der Waals surface area contributed by atoms with Crippen LogP contribution in [0, 0.1) is 29.3 Å². The molecule has 4 N–H and O–H groups in total. The summed E-state index contributed by atoms with van der Waals surface area (Å²) in [5.74, 6) is -6.72. The monoisotopic (exact) mass is 547 g/mol. The Morgan fingerprint density at radius 1 is 1.08 bits per heavy atom. The highest BCUT2D eigenvalue weighted by Gasteiger charge is 2.59. The Labute approximate surface area is 210 Å². The molecule has 0 saturated heterocycles. The molecule has 2 aliphatic carbocycles. The van der Waals surface area contributed by atoms with Gasteiger partial charge in [0.2, 0.25) is 0 Å². The second kappa shape index (κ2) is 9.60. The average Bonchev–Trinajstić information content (AvgIpc) is 2.98. The van der Waals surface area contributed by atoms with E-state index in [0.717, 1.165) is 6.07 Å². The Bertz CT molecular complexity index is 1270. The number of halogens is 4. The van der Waals surface area contributed by atoms with Crippen LogP contribution in [0.1, 0.15) is 43.0 Å². The van der Waals surface area contributed by atoms with Crippen molar-refractivity contribution < 1.29 is 41.7 Å². The van der Waals surface area contributed by atoms with Crippen LogP contribution >= 0.6 is 11.6 Å². The Morgan fingerprint density at radius 2 is 1.64 bits per heavy atom. The third-order valence-electron chi connectivity index (χ3n) is 7.38. The number of rotatable bonds is 6. The van der Waals surface area contributed by atoms with Crippen LogP contribution in [0.4, 0.5) is 18.9 Å². The van der Waals surface area contributed by atoms with Gasteiger partial charge in [0.05, 0.1) is 26.9 Å². The molecule has 2 fully saturated rings. The van der Waals surface area contributed by atoms with Crippen molar-refractivity contribution in [3.8, 4) is 0 Å². The van der Waals surface area contributed by atoms with E-state index in [0.29, 0.717) is 25.0 Å². The summed E-state index contributed by atoms with van der Waals surface area (Å²) in [4.78, 5) is 12.3. The van der Waals surface area contributed by atoms with Gasteiger partial charge in [-0.1, -0.05) is 11.6 Å². The van der Waals surface area contributed by atoms with E-state index < -0.39 is 68.1 Å². The molecule has 2 aromatic carbocycles. The minimum Gasteiger partial charge on any atom is -0.391 e. The molecule has 4 rings (SSSR count). The quantitative estimate of drug-likeness (QED) is 0.411. The number of aliphatic hydroxyl groups excluding tert-OH is 2. The lowest BCUT2D eigenvalue weighted by atomic mass is 9.70. The van der Waals surface area contributed by atoms with Gasteiger partial charge < -0.3 is 20.6 Å². The van der Waals surface area contributed by atoms with Gasteiger partial charge in [-0.25, -0.2) is 21.6 Å². The number of aliphatic hydroxyl groups is 3. The molecule has 0 spiro atoms. The van der Waals surface area contributed by atoms with Gasteiger partial charge in [-0.15, -0.1) is 0 Å². The van der Waals surface area contributed by atoms with Gasteiger partial charge in [0.1, 0.15) is 6.10 Å². The number of carbonyl (C=O) groups is 1. The van der Waals surface area contributed by atoms with Crippen molar-refractivity contribution in [3.63, 3.8) is 0 Å². The molecular formula is C24H25ClF3NO6S. The van der Waals surface area contributed by atoms with E-state index in [1.54, 1.807) is 0 Å². The van der Waals surface area contributed by atoms with E-state index in [-0.39, 0.29) is 34.0 Å². The first kappa shape index (κ1) is 26.9. The number of carbonyl (C=O) groups excluding carboxylic acids is 1. The van der Waals surface area contributed by atoms with E-state index in [4.69, 9.17) is 11.6 Å². The van der Waals surface area contributed by atoms with Crippen molar-refractivity contribution in [2.24, 2.45) is 11.8 Å². The molecule has 0 heterocycles. The van der Waals surface area contributed by atoms with Gasteiger partial charge in [0, 0.05) is 23.4 Å². The summed E-state index contributed by atoms with van der Waals surface area (Å²) in [6.45, 7) is 1.36. The molecule has 2 bridgehead atoms. The summed E-state index contributed by atoms with van der Waals surface area (Å²) in [7, 11) is -4.10. The fraction of sp³-hybridized carbons (Fsp3) is 0.458. The summed E-state index contributed by atoms with van der Waals surface area (Å²) in [6.07, 6.45) is -1.59. The number of anilines is 1. The van der Waals surface area contributed by atoms with Crippen LogP contribution in [0.15, 0.2) is 35.2 Å². The van der Waals surface area contributed by atoms with Crippen molar-refractivity contribution in [1.82, 2.24) is 0 Å². The van der Waals surface area contributed by atoms with E-state index in [2.05, 4.69) is 5.32 Å². The zero-order valence-electron chi connectivity index (χ0n) is 19.1. The summed E-state index contributed by atoms with van der Waals surface area (Å²) in [5, 5.41) is 32.5. The molecule has 12 heteroatoms. The number of amides is 1. The standard InChI is InChI=1S/C24H25ClF3NO6S/c1-11(30)22(31)24(33)13-3-4-14(24)8-16(7-13)36(34,35)20-6-12(2-5-17(20)25)23(32)29-15-9-18(26)21(28)19(27)10-15/h2,5-6,9-11,13-14,16,22,30-31,33H,3-4,7-8H2,1H3,(H,29,32)/t11-,13?,14?,16-,22+,24-/m1/s1. The SMILES string of the molecule is C[C@@H](O)[C@H](O)[C@]1(O)C2CCC1C[C@@H](S(=O)(=O)c1cc(C(=O)Nc3cc(F)c(F)c(F)c3)ccc1Cl)C2. The van der Waals surface area contributed by atoms with E-state index >= 15 is 0 Å². The van der Waals surface area contributed by atoms with Crippen molar-refractivity contribution in [3.05, 3.63) is 58.4 Å². The minimum absolute atomic E-state index is 0.0278. The molecule has 0 radical (unpaired) electrons. The maximum atomic E-state index is 13.6. The first-order valence-electron chi connectivity index (χ1n) is 11.3. The normalized spacial score (nSPS) is 27.5. The number of hydrogen-bond donors (Lipinski definition) is 4. The van der Waals surface area contributed by atoms with Crippen LogP contribution < -0.4 is 5.32 Å². The zero-order valence-corrected chi connectivity index (χ0v) is 20.7. The fourth-order valence-electron chi connectivity index (χ4n) is 5.54. The molecule has 2 aromatic rings. The lowest BCUT2D eigenvalue weighted by Gasteiger charge is -2.46. The third kappa shape index (κ3) is 4.51. The molecule has 0 aliphatic heterocycles. The third-order valence-corrected chi connectivity index (χ3v) is 10.0. The van der Waals surface area contributed by atoms with E-state index in [9.17, 15) is 41.7 Å². The van der Waals surface area contributed by atoms with Crippen LogP contribution in [-0.4, -0.2) is 52.7 Å². The topological polar surface area (TPSA) is 124 Å². The van der Waals surface area contributed by atoms with Crippen molar-refractivity contribution in [2.45, 2.75) is 60.6 Å². The van der Waals surface area contributed by atoms with Gasteiger partial charge in [0.25, 0.3) is 5.91 Å². The van der Waals surface area contributed by atoms with Crippen molar-refractivity contribution >= 4 is 33.0 Å². The average molecular weight is 548 g/mol. The van der Waals surface area contributed by atoms with Gasteiger partial charge >= 0.3 is 0 Å². The Balaban J connectivity index is 1.59. The number of sulfone groups is 1. The Morgan fingerprint density at radius 3 is 2.17 bits per heavy atom. The molecular weight excluding hydrogens is 523 g/mol. The van der Waals surface area contributed by atoms with E-state index in [1.807, 2.05) is 0 Å². The molecule has 2 saturated carbocycles.